The monoisotopic (exact) mass is 392 g/mol. The van der Waals surface area contributed by atoms with Crippen molar-refractivity contribution >= 4 is 11.9 Å². The zero-order valence-corrected chi connectivity index (χ0v) is 14.9. The number of halogens is 4. The van der Waals surface area contributed by atoms with Crippen molar-refractivity contribution in [3.63, 3.8) is 0 Å². The Morgan fingerprint density at radius 3 is 2.48 bits per heavy atom. The smallest absolute Gasteiger partial charge is 0.487 e. The van der Waals surface area contributed by atoms with Crippen LogP contribution in [0.2, 0.25) is 0 Å². The van der Waals surface area contributed by atoms with Gasteiger partial charge in [-0.3, -0.25) is 4.79 Å². The summed E-state index contributed by atoms with van der Waals surface area (Å²) in [6, 6.07) is 5.32. The summed E-state index contributed by atoms with van der Waals surface area (Å²) in [7, 11) is 1.63. The number of carboxylic acid groups (broad SMARTS) is 1. The molecule has 6 nitrogen and oxygen atoms in total. The van der Waals surface area contributed by atoms with Gasteiger partial charge in [0, 0.05) is 18.2 Å². The topological polar surface area (TPSA) is 87.7 Å². The number of aliphatic carboxylic acids is 1. The van der Waals surface area contributed by atoms with E-state index in [1.165, 1.54) is 0 Å². The van der Waals surface area contributed by atoms with E-state index in [1.54, 1.807) is 19.2 Å². The molecule has 10 heteroatoms. The molecule has 2 rings (SSSR count). The maximum absolute atomic E-state index is 12.4. The van der Waals surface area contributed by atoms with E-state index in [2.05, 4.69) is 10.6 Å². The molecule has 1 heterocycles. The summed E-state index contributed by atoms with van der Waals surface area (Å²) in [6.07, 6.45) is -3.86. The summed E-state index contributed by atoms with van der Waals surface area (Å²) >= 11 is 0. The first-order chi connectivity index (χ1) is 12.4. The van der Waals surface area contributed by atoms with Crippen LogP contribution < -0.4 is 15.4 Å². The Hall–Kier alpha value is -2.78. The normalized spacial score (nSPS) is 15.7. The zero-order chi connectivity index (χ0) is 20.8. The maximum Gasteiger partial charge on any atom is 0.490 e. The summed E-state index contributed by atoms with van der Waals surface area (Å²) in [4.78, 5) is 20.8. The van der Waals surface area contributed by atoms with E-state index in [4.69, 9.17) is 14.6 Å². The van der Waals surface area contributed by atoms with Gasteiger partial charge in [0.05, 0.1) is 5.70 Å². The highest BCUT2D eigenvalue weighted by molar-refractivity contribution is 5.97. The Balaban J connectivity index is 0.000000445. The molecule has 3 N–H and O–H groups in total. The van der Waals surface area contributed by atoms with Gasteiger partial charge in [0.1, 0.15) is 18.7 Å². The van der Waals surface area contributed by atoms with Crippen LogP contribution in [-0.4, -0.2) is 42.4 Å². The van der Waals surface area contributed by atoms with Crippen molar-refractivity contribution in [2.75, 3.05) is 13.7 Å². The largest absolute Gasteiger partial charge is 0.490 e. The number of hydrogen-bond donors (Lipinski definition) is 3. The maximum atomic E-state index is 12.4. The molecule has 0 fully saturated rings. The molecule has 1 aromatic rings. The van der Waals surface area contributed by atoms with Gasteiger partial charge in [0.15, 0.2) is 0 Å². The first kappa shape index (κ1) is 22.3. The number of rotatable bonds is 4. The molecule has 27 heavy (non-hydrogen) atoms. The number of carboxylic acids is 1. The summed E-state index contributed by atoms with van der Waals surface area (Å²) in [5, 5.41) is 12.8. The summed E-state index contributed by atoms with van der Waals surface area (Å²) in [5.41, 5.74) is 1.72. The van der Waals surface area contributed by atoms with Gasteiger partial charge in [-0.05, 0) is 44.0 Å². The fraction of sp³-hybridized carbons (Fsp3) is 0.412. The van der Waals surface area contributed by atoms with Gasteiger partial charge in [-0.15, -0.1) is 0 Å². The van der Waals surface area contributed by atoms with Crippen LogP contribution in [0, 0.1) is 0 Å². The molecule has 0 aromatic heterocycles. The Morgan fingerprint density at radius 1 is 1.41 bits per heavy atom. The van der Waals surface area contributed by atoms with Crippen LogP contribution in [0.3, 0.4) is 0 Å². The summed E-state index contributed by atoms with van der Waals surface area (Å²) < 4.78 is 49.7. The highest BCUT2D eigenvalue weighted by atomic mass is 19.4. The zero-order valence-electron chi connectivity index (χ0n) is 14.9. The number of benzene rings is 1. The molecule has 1 aromatic carbocycles. The van der Waals surface area contributed by atoms with Crippen molar-refractivity contribution in [2.24, 2.45) is 0 Å². The van der Waals surface area contributed by atoms with Gasteiger partial charge in [0.25, 0.3) is 5.91 Å². The minimum absolute atomic E-state index is 0.0673. The quantitative estimate of drug-likeness (QED) is 0.686. The number of carbonyl (C=O) groups excluding carboxylic acids is 1. The van der Waals surface area contributed by atoms with Crippen LogP contribution in [0.5, 0.6) is 5.75 Å². The second-order valence-corrected chi connectivity index (χ2v) is 6.31. The summed E-state index contributed by atoms with van der Waals surface area (Å²) in [5.74, 6) is -2.20. The lowest BCUT2D eigenvalue weighted by Crippen LogP contribution is -2.49. The number of nitrogens with one attached hydrogen (secondary N) is 2. The van der Waals surface area contributed by atoms with Crippen LogP contribution in [-0.2, 0) is 11.2 Å². The van der Waals surface area contributed by atoms with Crippen molar-refractivity contribution in [3.05, 3.63) is 41.4 Å². The molecule has 0 saturated heterocycles. The van der Waals surface area contributed by atoms with Crippen molar-refractivity contribution in [1.29, 1.82) is 0 Å². The van der Waals surface area contributed by atoms with Crippen molar-refractivity contribution in [1.82, 2.24) is 10.6 Å². The Bertz CT molecular complexity index is 730. The predicted octanol–water partition coefficient (Wildman–Crippen LogP) is 2.79. The van der Waals surface area contributed by atoms with Gasteiger partial charge >= 0.3 is 12.1 Å². The van der Waals surface area contributed by atoms with Gasteiger partial charge in [-0.25, -0.2) is 9.18 Å². The first-order valence-electron chi connectivity index (χ1n) is 7.75. The molecule has 1 aliphatic rings. The third-order valence-electron chi connectivity index (χ3n) is 3.50. The van der Waals surface area contributed by atoms with Crippen LogP contribution in [0.25, 0.3) is 0 Å². The first-order valence-corrected chi connectivity index (χ1v) is 7.75. The van der Waals surface area contributed by atoms with Crippen LogP contribution >= 0.6 is 0 Å². The van der Waals surface area contributed by atoms with Crippen LogP contribution in [0.15, 0.2) is 30.2 Å². The molecule has 150 valence electrons. The molecule has 0 bridgehead atoms. The third kappa shape index (κ3) is 6.80. The SMILES string of the molecule is CN/C(=C/F)COc1ccc2c(c1)CC(C)(C)NC2=O.O=C(O)C(F)(F)F. The number of likely N-dealkylation sites (N-methyl/N-ethyl adjacent to an activating group) is 1. The molecule has 1 aliphatic heterocycles. The second-order valence-electron chi connectivity index (χ2n) is 6.31. The van der Waals surface area contributed by atoms with Gasteiger partial charge < -0.3 is 20.5 Å². The lowest BCUT2D eigenvalue weighted by atomic mass is 9.87. The minimum Gasteiger partial charge on any atom is -0.487 e. The van der Waals surface area contributed by atoms with E-state index in [0.717, 1.165) is 12.0 Å². The number of ether oxygens (including phenoxy) is 1. The van der Waals surface area contributed by atoms with E-state index in [-0.39, 0.29) is 18.1 Å². The second kappa shape index (κ2) is 8.74. The average molecular weight is 392 g/mol. The lowest BCUT2D eigenvalue weighted by Gasteiger charge is -2.32. The van der Waals surface area contributed by atoms with Gasteiger partial charge in [-0.2, -0.15) is 13.2 Å². The van der Waals surface area contributed by atoms with E-state index in [1.807, 2.05) is 19.9 Å². The third-order valence-corrected chi connectivity index (χ3v) is 3.50. The molecule has 0 aliphatic carbocycles. The van der Waals surface area contributed by atoms with Crippen molar-refractivity contribution in [3.8, 4) is 5.75 Å². The molecule has 0 spiro atoms. The van der Waals surface area contributed by atoms with Crippen LogP contribution in [0.4, 0.5) is 17.6 Å². The van der Waals surface area contributed by atoms with E-state index < -0.39 is 12.1 Å². The molecule has 0 radical (unpaired) electrons. The number of hydrogen-bond acceptors (Lipinski definition) is 4. The minimum atomic E-state index is -5.08. The molecule has 0 unspecified atom stereocenters. The number of carbonyl (C=O) groups is 2. The molecular formula is C17H20F4N2O4. The van der Waals surface area contributed by atoms with E-state index in [9.17, 15) is 22.4 Å². The Kier molecular flexibility index (Phi) is 7.21. The number of amides is 1. The lowest BCUT2D eigenvalue weighted by molar-refractivity contribution is -0.192. The molecule has 0 saturated carbocycles. The predicted molar refractivity (Wildman–Crippen MR) is 89.1 cm³/mol. The molecular weight excluding hydrogens is 372 g/mol. The van der Waals surface area contributed by atoms with Gasteiger partial charge in [0.2, 0.25) is 0 Å². The van der Waals surface area contributed by atoms with Crippen LogP contribution in [0.1, 0.15) is 29.8 Å². The summed E-state index contributed by atoms with van der Waals surface area (Å²) in [6.45, 7) is 4.08. The highest BCUT2D eigenvalue weighted by Gasteiger charge is 2.38. The van der Waals surface area contributed by atoms with E-state index >= 15 is 0 Å². The van der Waals surface area contributed by atoms with Gasteiger partial charge in [-0.1, -0.05) is 0 Å². The molecule has 1 amide bonds. The Morgan fingerprint density at radius 2 is 2.00 bits per heavy atom. The highest BCUT2D eigenvalue weighted by Crippen LogP contribution is 2.26. The molecule has 0 atom stereocenters. The number of alkyl halides is 3. The van der Waals surface area contributed by atoms with Crippen molar-refractivity contribution in [2.45, 2.75) is 32.0 Å². The fourth-order valence-corrected chi connectivity index (χ4v) is 2.24. The standard InChI is InChI=1S/C15H19FN2O2.C2HF3O2/c1-15(2)7-10-6-12(20-9-11(8-16)17-3)4-5-13(10)14(19)18-15;3-2(4,5)1(6)7/h4-6,8,17H,7,9H2,1-3H3,(H,18,19);(H,6,7)/b11-8+;. The fourth-order valence-electron chi connectivity index (χ4n) is 2.24. The number of fused-ring (bicyclic) bond motifs is 1. The average Bonchev–Trinajstić information content (AvgIpc) is 2.54. The van der Waals surface area contributed by atoms with Crippen molar-refractivity contribution < 1.29 is 37.0 Å². The van der Waals surface area contributed by atoms with E-state index in [0.29, 0.717) is 23.3 Å². The Labute approximate surface area is 153 Å².